The monoisotopic (exact) mass is 441 g/mol. The SMILES string of the molecule is CN1CC(NC(=O)c2c(C(N)=O)nc3n2CCOc2cc(F)c(C#CC(C)(C)O)cc2-3)C1. The minimum Gasteiger partial charge on any atom is -0.491 e. The molecule has 10 heteroatoms. The number of aromatic nitrogens is 2. The normalized spacial score (nSPS) is 15.9. The van der Waals surface area contributed by atoms with Gasteiger partial charge in [-0.2, -0.15) is 0 Å². The van der Waals surface area contributed by atoms with Crippen molar-refractivity contribution in [2.45, 2.75) is 32.0 Å². The zero-order valence-corrected chi connectivity index (χ0v) is 18.0. The highest BCUT2D eigenvalue weighted by Gasteiger charge is 2.33. The van der Waals surface area contributed by atoms with E-state index >= 15 is 0 Å². The number of primary amides is 1. The molecular weight excluding hydrogens is 417 g/mol. The van der Waals surface area contributed by atoms with Gasteiger partial charge in [0.15, 0.2) is 5.69 Å². The summed E-state index contributed by atoms with van der Waals surface area (Å²) in [5, 5.41) is 12.7. The van der Waals surface area contributed by atoms with E-state index in [1.807, 2.05) is 11.9 Å². The number of hydrogen-bond acceptors (Lipinski definition) is 6. The lowest BCUT2D eigenvalue weighted by Crippen LogP contribution is -2.57. The third kappa shape index (κ3) is 4.17. The molecule has 1 saturated heterocycles. The van der Waals surface area contributed by atoms with Crippen LogP contribution in [0.5, 0.6) is 5.75 Å². The summed E-state index contributed by atoms with van der Waals surface area (Å²) < 4.78 is 21.8. The smallest absolute Gasteiger partial charge is 0.270 e. The quantitative estimate of drug-likeness (QED) is 0.591. The Morgan fingerprint density at radius 2 is 2.09 bits per heavy atom. The highest BCUT2D eigenvalue weighted by atomic mass is 19.1. The predicted octanol–water partition coefficient (Wildman–Crippen LogP) is 0.347. The van der Waals surface area contributed by atoms with Gasteiger partial charge in [-0.05, 0) is 27.0 Å². The van der Waals surface area contributed by atoms with Crippen LogP contribution in [-0.2, 0) is 6.54 Å². The van der Waals surface area contributed by atoms with E-state index in [9.17, 15) is 19.1 Å². The molecular formula is C22H24FN5O4. The average molecular weight is 441 g/mol. The third-order valence-electron chi connectivity index (χ3n) is 5.20. The van der Waals surface area contributed by atoms with Crippen molar-refractivity contribution in [2.75, 3.05) is 26.7 Å². The van der Waals surface area contributed by atoms with Crippen LogP contribution in [0.25, 0.3) is 11.4 Å². The van der Waals surface area contributed by atoms with Crippen molar-refractivity contribution in [3.63, 3.8) is 0 Å². The minimum atomic E-state index is -1.31. The fourth-order valence-corrected chi connectivity index (χ4v) is 3.73. The van der Waals surface area contributed by atoms with Gasteiger partial charge in [0.1, 0.15) is 35.3 Å². The number of likely N-dealkylation sites (tertiary alicyclic amines) is 1. The Labute approximate surface area is 184 Å². The molecule has 1 fully saturated rings. The first-order chi connectivity index (χ1) is 15.0. The summed E-state index contributed by atoms with van der Waals surface area (Å²) in [6, 6.07) is 2.58. The molecule has 0 saturated carbocycles. The van der Waals surface area contributed by atoms with Crippen molar-refractivity contribution in [2.24, 2.45) is 5.73 Å². The van der Waals surface area contributed by atoms with Gasteiger partial charge in [-0.3, -0.25) is 9.59 Å². The average Bonchev–Trinajstić information content (AvgIpc) is 2.97. The van der Waals surface area contributed by atoms with E-state index in [0.717, 1.165) is 0 Å². The molecule has 0 atom stereocenters. The van der Waals surface area contributed by atoms with E-state index in [1.165, 1.54) is 26.0 Å². The Morgan fingerprint density at radius 1 is 1.38 bits per heavy atom. The third-order valence-corrected chi connectivity index (χ3v) is 5.20. The summed E-state index contributed by atoms with van der Waals surface area (Å²) in [6.45, 7) is 4.72. The second-order valence-electron chi connectivity index (χ2n) is 8.53. The van der Waals surface area contributed by atoms with Crippen LogP contribution in [-0.4, -0.2) is 69.8 Å². The number of nitrogens with one attached hydrogen (secondary N) is 1. The first-order valence-corrected chi connectivity index (χ1v) is 10.2. The van der Waals surface area contributed by atoms with Crippen LogP contribution in [0.15, 0.2) is 12.1 Å². The van der Waals surface area contributed by atoms with E-state index in [1.54, 1.807) is 4.57 Å². The van der Waals surface area contributed by atoms with Crippen LogP contribution in [0, 0.1) is 17.7 Å². The van der Waals surface area contributed by atoms with E-state index in [-0.39, 0.29) is 47.7 Å². The maximum Gasteiger partial charge on any atom is 0.270 e. The topological polar surface area (TPSA) is 123 Å². The second kappa shape index (κ2) is 7.93. The Bertz CT molecular complexity index is 1170. The van der Waals surface area contributed by atoms with Gasteiger partial charge in [-0.25, -0.2) is 9.37 Å². The Kier molecular flexibility index (Phi) is 5.40. The van der Waals surface area contributed by atoms with Crippen molar-refractivity contribution in [1.82, 2.24) is 19.8 Å². The van der Waals surface area contributed by atoms with Gasteiger partial charge in [0, 0.05) is 19.2 Å². The lowest BCUT2D eigenvalue weighted by Gasteiger charge is -2.36. The molecule has 0 aliphatic carbocycles. The van der Waals surface area contributed by atoms with E-state index in [0.29, 0.717) is 18.7 Å². The first-order valence-electron chi connectivity index (χ1n) is 10.2. The summed E-state index contributed by atoms with van der Waals surface area (Å²) >= 11 is 0. The van der Waals surface area contributed by atoms with Gasteiger partial charge in [0.2, 0.25) is 0 Å². The number of halogens is 1. The van der Waals surface area contributed by atoms with Gasteiger partial charge in [0.05, 0.1) is 23.7 Å². The summed E-state index contributed by atoms with van der Waals surface area (Å²) in [6.07, 6.45) is 0. The van der Waals surface area contributed by atoms with E-state index < -0.39 is 23.2 Å². The highest BCUT2D eigenvalue weighted by Crippen LogP contribution is 2.35. The van der Waals surface area contributed by atoms with Crippen LogP contribution >= 0.6 is 0 Å². The maximum absolute atomic E-state index is 14.6. The zero-order chi connectivity index (χ0) is 23.2. The van der Waals surface area contributed by atoms with Crippen molar-refractivity contribution in [1.29, 1.82) is 0 Å². The van der Waals surface area contributed by atoms with Gasteiger partial charge >= 0.3 is 0 Å². The molecule has 0 radical (unpaired) electrons. The Morgan fingerprint density at radius 3 is 2.72 bits per heavy atom. The standard InChI is InChI=1S/C22H24FN5O4/c1-22(2,31)5-4-12-8-14-16(9-15(12)23)32-7-6-28-18(17(19(24)29)26-20(14)28)21(30)25-13-10-27(3)11-13/h8-9,13,31H,6-7,10-11H2,1-3H3,(H2,24,29)(H,25,30). The molecule has 168 valence electrons. The predicted molar refractivity (Wildman–Crippen MR) is 114 cm³/mol. The number of aliphatic hydroxyl groups is 1. The fraction of sp³-hybridized carbons (Fsp3) is 0.409. The number of rotatable bonds is 3. The lowest BCUT2D eigenvalue weighted by atomic mass is 10.1. The van der Waals surface area contributed by atoms with E-state index in [2.05, 4.69) is 22.1 Å². The number of imidazole rings is 1. The highest BCUT2D eigenvalue weighted by molar-refractivity contribution is 6.05. The molecule has 2 amide bonds. The maximum atomic E-state index is 14.6. The molecule has 3 heterocycles. The van der Waals surface area contributed by atoms with E-state index in [4.69, 9.17) is 10.5 Å². The first kappa shape index (κ1) is 21.8. The van der Waals surface area contributed by atoms with Crippen molar-refractivity contribution in [3.8, 4) is 29.0 Å². The van der Waals surface area contributed by atoms with Crippen LogP contribution in [0.3, 0.4) is 0 Å². The number of carbonyl (C=O) groups is 2. The zero-order valence-electron chi connectivity index (χ0n) is 18.0. The number of carbonyl (C=O) groups excluding carboxylic acids is 2. The van der Waals surface area contributed by atoms with Gasteiger partial charge in [0.25, 0.3) is 11.8 Å². The van der Waals surface area contributed by atoms with Crippen LogP contribution in [0.4, 0.5) is 4.39 Å². The molecule has 0 unspecified atom stereocenters. The summed E-state index contributed by atoms with van der Waals surface area (Å²) in [5.41, 5.74) is 4.50. The summed E-state index contributed by atoms with van der Waals surface area (Å²) in [7, 11) is 1.94. The summed E-state index contributed by atoms with van der Waals surface area (Å²) in [5.74, 6) is 3.75. The van der Waals surface area contributed by atoms with Gasteiger partial charge in [-0.15, -0.1) is 0 Å². The van der Waals surface area contributed by atoms with Gasteiger partial charge < -0.3 is 30.4 Å². The lowest BCUT2D eigenvalue weighted by molar-refractivity contribution is 0.0839. The van der Waals surface area contributed by atoms with Crippen LogP contribution in [0.2, 0.25) is 0 Å². The number of likely N-dealkylation sites (N-methyl/N-ethyl adjacent to an activating group) is 1. The Hall–Kier alpha value is -3.42. The summed E-state index contributed by atoms with van der Waals surface area (Å²) in [4.78, 5) is 31.5. The molecule has 4 N–H and O–H groups in total. The van der Waals surface area contributed by atoms with Crippen molar-refractivity contribution < 1.29 is 23.8 Å². The number of nitrogens with zero attached hydrogens (tertiary/aromatic N) is 3. The second-order valence-corrected chi connectivity index (χ2v) is 8.53. The molecule has 2 aromatic rings. The molecule has 0 spiro atoms. The number of ether oxygens (including phenoxy) is 1. The molecule has 4 rings (SSSR count). The van der Waals surface area contributed by atoms with Crippen molar-refractivity contribution in [3.05, 3.63) is 34.9 Å². The molecule has 1 aromatic carbocycles. The molecule has 0 bridgehead atoms. The number of fused-ring (bicyclic) bond motifs is 3. The van der Waals surface area contributed by atoms with Crippen molar-refractivity contribution >= 4 is 11.8 Å². The van der Waals surface area contributed by atoms with Crippen LogP contribution in [0.1, 0.15) is 40.4 Å². The largest absolute Gasteiger partial charge is 0.491 e. The minimum absolute atomic E-state index is 0.0232. The van der Waals surface area contributed by atoms with Gasteiger partial charge in [-0.1, -0.05) is 11.8 Å². The fourth-order valence-electron chi connectivity index (χ4n) is 3.73. The molecule has 32 heavy (non-hydrogen) atoms. The number of hydrogen-bond donors (Lipinski definition) is 3. The number of nitrogens with two attached hydrogens (primary N) is 1. The van der Waals surface area contributed by atoms with Crippen LogP contribution < -0.4 is 15.8 Å². The molecule has 2 aliphatic rings. The number of amides is 2. The Balaban J connectivity index is 1.82. The molecule has 1 aromatic heterocycles. The molecule has 2 aliphatic heterocycles. The molecule has 9 nitrogen and oxygen atoms in total. The number of benzene rings is 1.